The van der Waals surface area contributed by atoms with E-state index in [0.717, 1.165) is 29.5 Å². The number of aryl methyl sites for hydroxylation is 1. The van der Waals surface area contributed by atoms with Crippen molar-refractivity contribution < 1.29 is 24.4 Å². The van der Waals surface area contributed by atoms with E-state index in [0.29, 0.717) is 0 Å². The van der Waals surface area contributed by atoms with Crippen LogP contribution < -0.4 is 0 Å². The second-order valence-electron chi connectivity index (χ2n) is 9.58. The van der Waals surface area contributed by atoms with Crippen LogP contribution in [-0.2, 0) is 20.6 Å². The normalized spacial score (nSPS) is 27.7. The van der Waals surface area contributed by atoms with Gasteiger partial charge in [0.15, 0.2) is 0 Å². The van der Waals surface area contributed by atoms with E-state index in [1.54, 1.807) is 14.2 Å². The summed E-state index contributed by atoms with van der Waals surface area (Å²) >= 11 is 0. The third-order valence-electron chi connectivity index (χ3n) is 7.45. The lowest BCUT2D eigenvalue weighted by Gasteiger charge is -2.28. The Balaban J connectivity index is 0.000000114. The minimum absolute atomic E-state index is 0.0325. The van der Waals surface area contributed by atoms with Gasteiger partial charge in [0, 0.05) is 14.2 Å². The van der Waals surface area contributed by atoms with Crippen molar-refractivity contribution in [3.8, 4) is 0 Å². The molecular formula is C32H34O5. The molecule has 5 nitrogen and oxygen atoms in total. The number of hydrogen-bond acceptors (Lipinski definition) is 5. The van der Waals surface area contributed by atoms with Crippen LogP contribution in [0.4, 0.5) is 0 Å². The van der Waals surface area contributed by atoms with Gasteiger partial charge in [0.25, 0.3) is 0 Å². The average Bonchev–Trinajstić information content (AvgIpc) is 3.58. The zero-order valence-electron chi connectivity index (χ0n) is 21.2. The number of ether oxygens (including phenoxy) is 3. The van der Waals surface area contributed by atoms with Gasteiger partial charge in [0.05, 0.1) is 6.10 Å². The van der Waals surface area contributed by atoms with Crippen LogP contribution in [0.3, 0.4) is 0 Å². The van der Waals surface area contributed by atoms with Crippen molar-refractivity contribution in [2.24, 2.45) is 0 Å². The molecule has 6 atom stereocenters. The Morgan fingerprint density at radius 3 is 1.92 bits per heavy atom. The van der Waals surface area contributed by atoms with Gasteiger partial charge in [0.2, 0.25) is 0 Å². The van der Waals surface area contributed by atoms with Crippen molar-refractivity contribution >= 4 is 6.08 Å². The highest BCUT2D eigenvalue weighted by atomic mass is 16.5. The number of rotatable bonds is 2. The molecule has 37 heavy (non-hydrogen) atoms. The topological polar surface area (TPSA) is 68.2 Å². The van der Waals surface area contributed by atoms with Crippen molar-refractivity contribution in [3.05, 3.63) is 124 Å². The van der Waals surface area contributed by atoms with E-state index in [4.69, 9.17) is 14.2 Å². The first kappa shape index (κ1) is 25.6. The Morgan fingerprint density at radius 1 is 0.676 bits per heavy atom. The second kappa shape index (κ2) is 11.5. The Hall–Kier alpha value is -3.06. The molecule has 3 aromatic rings. The van der Waals surface area contributed by atoms with E-state index < -0.39 is 12.2 Å². The summed E-state index contributed by atoms with van der Waals surface area (Å²) in [6, 6.07) is 24.2. The van der Waals surface area contributed by atoms with E-state index >= 15 is 0 Å². The molecule has 0 fully saturated rings. The molecule has 0 amide bonds. The van der Waals surface area contributed by atoms with Crippen molar-refractivity contribution in [2.75, 3.05) is 14.2 Å². The summed E-state index contributed by atoms with van der Waals surface area (Å²) in [5, 5.41) is 19.7. The molecule has 2 aliphatic carbocycles. The van der Waals surface area contributed by atoms with Gasteiger partial charge in [-0.2, -0.15) is 0 Å². The van der Waals surface area contributed by atoms with Crippen molar-refractivity contribution in [2.45, 2.75) is 49.5 Å². The molecule has 0 aromatic heterocycles. The summed E-state index contributed by atoms with van der Waals surface area (Å²) in [6.45, 7) is 0. The molecule has 3 aromatic carbocycles. The fraction of sp³-hybridized carbons (Fsp3) is 0.312. The van der Waals surface area contributed by atoms with Crippen molar-refractivity contribution in [1.29, 1.82) is 0 Å². The lowest BCUT2D eigenvalue weighted by atomic mass is 9.87. The molecule has 192 valence electrons. The van der Waals surface area contributed by atoms with E-state index in [-0.39, 0.29) is 24.4 Å². The number of fused-ring (bicyclic) bond motifs is 7. The number of hydrogen-bond donors (Lipinski definition) is 2. The minimum atomic E-state index is -0.536. The average molecular weight is 499 g/mol. The molecule has 0 spiro atoms. The quantitative estimate of drug-likeness (QED) is 0.437. The highest BCUT2D eigenvalue weighted by Gasteiger charge is 2.32. The Morgan fingerprint density at radius 2 is 1.27 bits per heavy atom. The molecule has 0 saturated heterocycles. The summed E-state index contributed by atoms with van der Waals surface area (Å²) < 4.78 is 16.0. The number of methoxy groups -OCH3 is 2. The Kier molecular flexibility index (Phi) is 7.99. The molecule has 2 heterocycles. The second-order valence-corrected chi connectivity index (χ2v) is 9.58. The van der Waals surface area contributed by atoms with Gasteiger partial charge in [-0.3, -0.25) is 0 Å². The van der Waals surface area contributed by atoms with Crippen LogP contribution in [0.5, 0.6) is 0 Å². The smallest absolute Gasteiger partial charge is 0.109 e. The van der Waals surface area contributed by atoms with Gasteiger partial charge >= 0.3 is 0 Å². The van der Waals surface area contributed by atoms with Crippen LogP contribution >= 0.6 is 0 Å². The predicted octanol–water partition coefficient (Wildman–Crippen LogP) is 5.81. The molecular weight excluding hydrogens is 464 g/mol. The minimum Gasteiger partial charge on any atom is -0.386 e. The summed E-state index contributed by atoms with van der Waals surface area (Å²) in [6.07, 6.45) is 9.31. The summed E-state index contributed by atoms with van der Waals surface area (Å²) in [7, 11) is 3.26. The lowest BCUT2D eigenvalue weighted by Crippen LogP contribution is -2.26. The van der Waals surface area contributed by atoms with E-state index in [1.165, 1.54) is 16.7 Å². The van der Waals surface area contributed by atoms with Gasteiger partial charge in [0.1, 0.15) is 30.5 Å². The zero-order valence-corrected chi connectivity index (χ0v) is 21.2. The molecule has 4 aliphatic rings. The Labute approximate surface area is 218 Å². The zero-order chi connectivity index (χ0) is 25.8. The lowest BCUT2D eigenvalue weighted by molar-refractivity contribution is -0.0236. The largest absolute Gasteiger partial charge is 0.386 e. The highest BCUT2D eigenvalue weighted by Crippen LogP contribution is 2.45. The third-order valence-corrected chi connectivity index (χ3v) is 7.45. The fourth-order valence-corrected chi connectivity index (χ4v) is 5.41. The maximum absolute atomic E-state index is 9.90. The fourth-order valence-electron chi connectivity index (χ4n) is 5.41. The third kappa shape index (κ3) is 5.33. The van der Waals surface area contributed by atoms with Gasteiger partial charge < -0.3 is 24.4 Å². The SMILES string of the molecule is C1=CC2OC1c1ccccc12.CO[C@@H]1C=Cc2ccccc2[C@H]1O.CO[C@@H]1CCc2ccccc2[C@H]1O. The summed E-state index contributed by atoms with van der Waals surface area (Å²) in [5.74, 6) is 0. The van der Waals surface area contributed by atoms with Crippen molar-refractivity contribution in [3.63, 3.8) is 0 Å². The van der Waals surface area contributed by atoms with Gasteiger partial charge in [-0.1, -0.05) is 97.1 Å². The summed E-state index contributed by atoms with van der Waals surface area (Å²) in [5.41, 5.74) is 6.99. The van der Waals surface area contributed by atoms with Crippen LogP contribution in [-0.4, -0.2) is 36.6 Å². The predicted molar refractivity (Wildman–Crippen MR) is 144 cm³/mol. The summed E-state index contributed by atoms with van der Waals surface area (Å²) in [4.78, 5) is 0. The monoisotopic (exact) mass is 498 g/mol. The number of benzene rings is 3. The molecule has 0 saturated carbocycles. The number of aliphatic hydroxyl groups excluding tert-OH is 2. The molecule has 2 bridgehead atoms. The van der Waals surface area contributed by atoms with Gasteiger partial charge in [-0.25, -0.2) is 0 Å². The number of aliphatic hydroxyl groups is 2. The first-order chi connectivity index (χ1) is 18.1. The highest BCUT2D eigenvalue weighted by molar-refractivity contribution is 5.58. The molecule has 7 rings (SSSR count). The maximum Gasteiger partial charge on any atom is 0.109 e. The first-order valence-electron chi connectivity index (χ1n) is 12.8. The van der Waals surface area contributed by atoms with E-state index in [9.17, 15) is 10.2 Å². The van der Waals surface area contributed by atoms with Crippen LogP contribution in [0.1, 0.15) is 64.2 Å². The molecule has 2 unspecified atom stereocenters. The maximum atomic E-state index is 9.90. The molecule has 5 heteroatoms. The van der Waals surface area contributed by atoms with Crippen LogP contribution in [0, 0.1) is 0 Å². The van der Waals surface area contributed by atoms with E-state index in [1.807, 2.05) is 54.6 Å². The van der Waals surface area contributed by atoms with Crippen molar-refractivity contribution in [1.82, 2.24) is 0 Å². The standard InChI is InChI=1S/C11H14O2.C11H12O2.C10H8O/c2*1-13-10-7-6-8-4-2-3-5-9(8)11(10)12;1-2-4-8-7(3-1)9-5-6-10(8)11-9/h2-5,10-12H,6-7H2,1H3;2-7,10-12H,1H3;1-6,9-10H/t2*10-,11-;/m11./s1. The molecule has 0 radical (unpaired) electrons. The van der Waals surface area contributed by atoms with E-state index in [2.05, 4.69) is 42.5 Å². The van der Waals surface area contributed by atoms with Gasteiger partial charge in [-0.15, -0.1) is 0 Å². The Bertz CT molecular complexity index is 1230. The van der Waals surface area contributed by atoms with Gasteiger partial charge in [-0.05, 0) is 46.2 Å². The van der Waals surface area contributed by atoms with Crippen LogP contribution in [0.25, 0.3) is 6.08 Å². The molecule has 2 N–H and O–H groups in total. The van der Waals surface area contributed by atoms with Crippen LogP contribution in [0.2, 0.25) is 0 Å². The first-order valence-corrected chi connectivity index (χ1v) is 12.8. The molecule has 2 aliphatic heterocycles. The van der Waals surface area contributed by atoms with Crippen LogP contribution in [0.15, 0.2) is 91.0 Å².